The summed E-state index contributed by atoms with van der Waals surface area (Å²) in [6.07, 6.45) is -8.45. The molecule has 0 aromatic carbocycles. The van der Waals surface area contributed by atoms with Crippen molar-refractivity contribution in [1.29, 1.82) is 0 Å². The van der Waals surface area contributed by atoms with E-state index in [-0.39, 0.29) is 0 Å². The van der Waals surface area contributed by atoms with Crippen LogP contribution in [0.1, 0.15) is 6.92 Å². The predicted molar refractivity (Wildman–Crippen MR) is 51.4 cm³/mol. The van der Waals surface area contributed by atoms with Gasteiger partial charge in [-0.1, -0.05) is 6.08 Å². The van der Waals surface area contributed by atoms with Gasteiger partial charge in [0.1, 0.15) is 0 Å². The molecule has 112 valence electrons. The van der Waals surface area contributed by atoms with Gasteiger partial charge in [0.25, 0.3) is 5.52 Å². The molecule has 0 N–H and O–H groups in total. The summed E-state index contributed by atoms with van der Waals surface area (Å²) >= 11 is 0. The normalized spacial score (nSPS) is 14.1. The second-order valence-electron chi connectivity index (χ2n) is 3.11. The fraction of sp³-hybridized carbons (Fsp3) is 0.625. The first-order chi connectivity index (χ1) is 8.40. The fourth-order valence-electron chi connectivity index (χ4n) is 0.715. The molecule has 0 amide bonds. The van der Waals surface area contributed by atoms with E-state index in [1.54, 1.807) is 0 Å². The van der Waals surface area contributed by atoms with Crippen LogP contribution in [0.15, 0.2) is 12.2 Å². The second kappa shape index (κ2) is 6.53. The van der Waals surface area contributed by atoms with Crippen LogP contribution in [0, 0.1) is 0 Å². The molecule has 0 saturated carbocycles. The van der Waals surface area contributed by atoms with E-state index >= 15 is 0 Å². The van der Waals surface area contributed by atoms with Crippen molar-refractivity contribution in [3.05, 3.63) is 12.2 Å². The fourth-order valence-corrected chi connectivity index (χ4v) is 2.01. The molecule has 0 aliphatic rings. The van der Waals surface area contributed by atoms with E-state index in [4.69, 9.17) is 0 Å². The van der Waals surface area contributed by atoms with Gasteiger partial charge in [-0.15, -0.1) is 0 Å². The average molecular weight is 314 g/mol. The molecule has 0 radical (unpaired) electrons. The molecule has 0 aromatic rings. The third-order valence-corrected chi connectivity index (χ3v) is 3.00. The van der Waals surface area contributed by atoms with Crippen LogP contribution in [-0.4, -0.2) is 31.1 Å². The highest BCUT2D eigenvalue weighted by Crippen LogP contribution is 2.51. The zero-order valence-corrected chi connectivity index (χ0v) is 10.3. The summed E-state index contributed by atoms with van der Waals surface area (Å²) < 4.78 is 90.1. The van der Waals surface area contributed by atoms with E-state index in [0.29, 0.717) is 6.08 Å². The van der Waals surface area contributed by atoms with Crippen molar-refractivity contribution < 1.29 is 44.7 Å². The van der Waals surface area contributed by atoms with E-state index in [1.807, 2.05) is 0 Å². The molecule has 0 rings (SSSR count). The Hall–Kier alpha value is -0.860. The first kappa shape index (κ1) is 18.1. The number of hydrogen-bond donors (Lipinski definition) is 0. The van der Waals surface area contributed by atoms with Gasteiger partial charge in [-0.3, -0.25) is 18.4 Å². The molecule has 19 heavy (non-hydrogen) atoms. The summed E-state index contributed by atoms with van der Waals surface area (Å²) in [6, 6.07) is 0. The first-order valence-electron chi connectivity index (χ1n) is 4.59. The molecule has 0 atom stereocenters. The zero-order valence-electron chi connectivity index (χ0n) is 9.42. The molecular weight excluding hydrogens is 305 g/mol. The molecule has 0 fully saturated rings. The SMILES string of the molecule is CC=CC(=O)P(=O)(OCC(F)(F)F)OCC(F)(F)F. The van der Waals surface area contributed by atoms with Crippen molar-refractivity contribution in [3.63, 3.8) is 0 Å². The minimum atomic E-state index is -5.19. The van der Waals surface area contributed by atoms with Gasteiger partial charge in [-0.25, -0.2) is 0 Å². The van der Waals surface area contributed by atoms with Gasteiger partial charge in [-0.2, -0.15) is 26.3 Å². The molecule has 0 heterocycles. The van der Waals surface area contributed by atoms with Gasteiger partial charge in [-0.05, 0) is 13.0 Å². The van der Waals surface area contributed by atoms with Crippen LogP contribution < -0.4 is 0 Å². The van der Waals surface area contributed by atoms with Gasteiger partial charge in [0.05, 0.1) is 0 Å². The number of alkyl halides is 6. The Labute approximate surface area is 103 Å². The molecule has 0 aliphatic carbocycles. The summed E-state index contributed by atoms with van der Waals surface area (Å²) in [4.78, 5) is 11.2. The van der Waals surface area contributed by atoms with Crippen LogP contribution in [0.2, 0.25) is 0 Å². The predicted octanol–water partition coefficient (Wildman–Crippen LogP) is 3.44. The number of rotatable bonds is 6. The highest BCUT2D eigenvalue weighted by Gasteiger charge is 2.42. The highest BCUT2D eigenvalue weighted by molar-refractivity contribution is 7.72. The Balaban J connectivity index is 4.93. The number of hydrogen-bond acceptors (Lipinski definition) is 4. The Morgan fingerprint density at radius 2 is 1.42 bits per heavy atom. The smallest absolute Gasteiger partial charge is 0.293 e. The van der Waals surface area contributed by atoms with Crippen LogP contribution in [0.5, 0.6) is 0 Å². The van der Waals surface area contributed by atoms with Crippen LogP contribution in [0.3, 0.4) is 0 Å². The van der Waals surface area contributed by atoms with Gasteiger partial charge < -0.3 is 0 Å². The average Bonchev–Trinajstić information content (AvgIpc) is 2.22. The molecule has 0 bridgehead atoms. The Bertz CT molecular complexity index is 364. The molecular formula is C8H9F6O4P. The molecule has 11 heteroatoms. The minimum absolute atomic E-state index is 0.507. The Kier molecular flexibility index (Phi) is 6.24. The first-order valence-corrected chi connectivity index (χ1v) is 6.14. The van der Waals surface area contributed by atoms with E-state index in [0.717, 1.165) is 6.08 Å². The van der Waals surface area contributed by atoms with Crippen LogP contribution in [-0.2, 0) is 18.4 Å². The van der Waals surface area contributed by atoms with Crippen molar-refractivity contribution in [3.8, 4) is 0 Å². The summed E-state index contributed by atoms with van der Waals surface area (Å²) in [6.45, 7) is -3.08. The number of carbonyl (C=O) groups is 1. The van der Waals surface area contributed by atoms with E-state index in [9.17, 15) is 35.7 Å². The lowest BCUT2D eigenvalue weighted by Gasteiger charge is -2.17. The maximum Gasteiger partial charge on any atom is 0.412 e. The monoisotopic (exact) mass is 314 g/mol. The number of halogens is 6. The summed E-state index contributed by atoms with van der Waals surface area (Å²) in [5.74, 6) is 0. The third-order valence-electron chi connectivity index (χ3n) is 1.38. The second-order valence-corrected chi connectivity index (χ2v) is 5.07. The lowest BCUT2D eigenvalue weighted by Crippen LogP contribution is -2.21. The molecule has 0 aliphatic heterocycles. The Morgan fingerprint density at radius 1 is 1.05 bits per heavy atom. The van der Waals surface area contributed by atoms with Crippen LogP contribution in [0.25, 0.3) is 0 Å². The van der Waals surface area contributed by atoms with Crippen molar-refractivity contribution >= 4 is 13.1 Å². The molecule has 0 aromatic heterocycles. The largest absolute Gasteiger partial charge is 0.412 e. The number of allylic oxidation sites excluding steroid dienone is 2. The maximum atomic E-state index is 11.9. The van der Waals surface area contributed by atoms with Gasteiger partial charge in [0.15, 0.2) is 13.2 Å². The van der Waals surface area contributed by atoms with Crippen LogP contribution in [0.4, 0.5) is 26.3 Å². The van der Waals surface area contributed by atoms with E-state index in [1.165, 1.54) is 6.92 Å². The van der Waals surface area contributed by atoms with Crippen molar-refractivity contribution in [1.82, 2.24) is 0 Å². The third kappa shape index (κ3) is 8.02. The van der Waals surface area contributed by atoms with Crippen molar-refractivity contribution in [2.45, 2.75) is 19.3 Å². The molecule has 4 nitrogen and oxygen atoms in total. The summed E-state index contributed by atoms with van der Waals surface area (Å²) in [5.41, 5.74) is -1.59. The quantitative estimate of drug-likeness (QED) is 0.428. The van der Waals surface area contributed by atoms with Gasteiger partial charge in [0.2, 0.25) is 0 Å². The lowest BCUT2D eigenvalue weighted by molar-refractivity contribution is -0.165. The van der Waals surface area contributed by atoms with Gasteiger partial charge in [0, 0.05) is 0 Å². The standard InChI is InChI=1S/C8H9F6O4P/c1-2-3-6(15)19(16,17-4-7(9,10)11)18-5-8(12,13)14/h2-3H,4-5H2,1H3. The molecule has 0 unspecified atom stereocenters. The van der Waals surface area contributed by atoms with Gasteiger partial charge >= 0.3 is 19.9 Å². The molecule has 0 saturated heterocycles. The molecule has 0 spiro atoms. The van der Waals surface area contributed by atoms with E-state index in [2.05, 4.69) is 9.05 Å². The summed E-state index contributed by atoms with van der Waals surface area (Å²) in [5, 5.41) is 0. The lowest BCUT2D eigenvalue weighted by atomic mass is 10.6. The maximum absolute atomic E-state index is 11.9. The topological polar surface area (TPSA) is 52.6 Å². The van der Waals surface area contributed by atoms with Crippen LogP contribution >= 0.6 is 7.60 Å². The summed E-state index contributed by atoms with van der Waals surface area (Å²) in [7, 11) is -5.19. The number of carbonyl (C=O) groups excluding carboxylic acids is 1. The van der Waals surface area contributed by atoms with Crippen molar-refractivity contribution in [2.75, 3.05) is 13.2 Å². The minimum Gasteiger partial charge on any atom is -0.293 e. The van der Waals surface area contributed by atoms with Crippen molar-refractivity contribution in [2.24, 2.45) is 0 Å². The zero-order chi connectivity index (χ0) is 15.3. The van der Waals surface area contributed by atoms with E-state index < -0.39 is 38.7 Å². The highest BCUT2D eigenvalue weighted by atomic mass is 31.2. The Morgan fingerprint density at radius 3 is 1.68 bits per heavy atom.